The lowest BCUT2D eigenvalue weighted by atomic mass is 10.1. The molecule has 0 fully saturated rings. The highest BCUT2D eigenvalue weighted by molar-refractivity contribution is 5.69. The van der Waals surface area contributed by atoms with Crippen LogP contribution in [-0.4, -0.2) is 12.6 Å². The van der Waals surface area contributed by atoms with Crippen molar-refractivity contribution in [2.45, 2.75) is 39.5 Å². The van der Waals surface area contributed by atoms with Gasteiger partial charge < -0.3 is 10.5 Å². The molecule has 0 saturated carbocycles. The summed E-state index contributed by atoms with van der Waals surface area (Å²) >= 11 is 0. The number of hydrogen-bond acceptors (Lipinski definition) is 3. The van der Waals surface area contributed by atoms with Crippen molar-refractivity contribution in [1.82, 2.24) is 0 Å². The van der Waals surface area contributed by atoms with Crippen LogP contribution in [0.4, 0.5) is 5.69 Å². The maximum atomic E-state index is 11.5. The zero-order chi connectivity index (χ0) is 13.4. The van der Waals surface area contributed by atoms with Gasteiger partial charge in [-0.05, 0) is 42.9 Å². The zero-order valence-corrected chi connectivity index (χ0v) is 11.3. The lowest BCUT2D eigenvalue weighted by Gasteiger charge is -2.06. The SMILES string of the molecule is CC(C)CCCOC(=O)CCc1ccc(N)cc1. The molecule has 1 aromatic rings. The van der Waals surface area contributed by atoms with E-state index in [1.54, 1.807) is 0 Å². The number of carbonyl (C=O) groups excluding carboxylic acids is 1. The third kappa shape index (κ3) is 6.28. The van der Waals surface area contributed by atoms with E-state index in [2.05, 4.69) is 13.8 Å². The van der Waals surface area contributed by atoms with Crippen LogP contribution in [0.25, 0.3) is 0 Å². The van der Waals surface area contributed by atoms with Gasteiger partial charge in [-0.25, -0.2) is 0 Å². The van der Waals surface area contributed by atoms with Crippen LogP contribution in [0.5, 0.6) is 0 Å². The van der Waals surface area contributed by atoms with Gasteiger partial charge in [0.05, 0.1) is 6.61 Å². The van der Waals surface area contributed by atoms with Crippen LogP contribution in [0.1, 0.15) is 38.7 Å². The number of hydrogen-bond donors (Lipinski definition) is 1. The fourth-order valence-corrected chi connectivity index (χ4v) is 1.68. The largest absolute Gasteiger partial charge is 0.466 e. The van der Waals surface area contributed by atoms with Gasteiger partial charge in [-0.2, -0.15) is 0 Å². The molecule has 0 radical (unpaired) electrons. The first-order valence-electron chi connectivity index (χ1n) is 6.58. The van der Waals surface area contributed by atoms with Crippen molar-refractivity contribution < 1.29 is 9.53 Å². The van der Waals surface area contributed by atoms with Gasteiger partial charge in [0.2, 0.25) is 0 Å². The molecule has 3 nitrogen and oxygen atoms in total. The maximum Gasteiger partial charge on any atom is 0.306 e. The van der Waals surface area contributed by atoms with E-state index in [-0.39, 0.29) is 5.97 Å². The number of ether oxygens (including phenoxy) is 1. The zero-order valence-electron chi connectivity index (χ0n) is 11.3. The number of nitrogens with two attached hydrogens (primary N) is 1. The Labute approximate surface area is 109 Å². The molecule has 18 heavy (non-hydrogen) atoms. The molecule has 1 rings (SSSR count). The molecule has 100 valence electrons. The highest BCUT2D eigenvalue weighted by Crippen LogP contribution is 2.08. The predicted octanol–water partition coefficient (Wildman–Crippen LogP) is 3.18. The number of aryl methyl sites for hydroxylation is 1. The number of rotatable bonds is 7. The molecule has 1 aromatic carbocycles. The molecule has 0 heterocycles. The Hall–Kier alpha value is -1.51. The summed E-state index contributed by atoms with van der Waals surface area (Å²) in [6.45, 7) is 4.88. The Morgan fingerprint density at radius 1 is 1.28 bits per heavy atom. The van der Waals surface area contributed by atoms with E-state index >= 15 is 0 Å². The van der Waals surface area contributed by atoms with Crippen molar-refractivity contribution in [1.29, 1.82) is 0 Å². The van der Waals surface area contributed by atoms with E-state index < -0.39 is 0 Å². The van der Waals surface area contributed by atoms with E-state index in [9.17, 15) is 4.79 Å². The summed E-state index contributed by atoms with van der Waals surface area (Å²) in [5, 5.41) is 0. The van der Waals surface area contributed by atoms with Crippen molar-refractivity contribution in [2.24, 2.45) is 5.92 Å². The van der Waals surface area contributed by atoms with Gasteiger partial charge in [0.1, 0.15) is 0 Å². The average Bonchev–Trinajstić information content (AvgIpc) is 2.34. The van der Waals surface area contributed by atoms with Crippen molar-refractivity contribution in [3.8, 4) is 0 Å². The van der Waals surface area contributed by atoms with E-state index in [1.165, 1.54) is 0 Å². The lowest BCUT2D eigenvalue weighted by molar-refractivity contribution is -0.143. The second kappa shape index (κ2) is 7.75. The number of nitrogen functional groups attached to an aromatic ring is 1. The van der Waals surface area contributed by atoms with Gasteiger partial charge in [0.15, 0.2) is 0 Å². The quantitative estimate of drug-likeness (QED) is 0.459. The molecule has 0 unspecified atom stereocenters. The summed E-state index contributed by atoms with van der Waals surface area (Å²) in [5.74, 6) is 0.550. The first-order valence-corrected chi connectivity index (χ1v) is 6.58. The van der Waals surface area contributed by atoms with Gasteiger partial charge in [-0.3, -0.25) is 4.79 Å². The van der Waals surface area contributed by atoms with Crippen LogP contribution in [-0.2, 0) is 16.0 Å². The normalized spacial score (nSPS) is 10.6. The number of esters is 1. The molecule has 0 bridgehead atoms. The number of carbonyl (C=O) groups is 1. The van der Waals surface area contributed by atoms with Gasteiger partial charge in [-0.1, -0.05) is 26.0 Å². The second-order valence-electron chi connectivity index (χ2n) is 5.00. The Balaban J connectivity index is 2.15. The van der Waals surface area contributed by atoms with Crippen LogP contribution in [0.3, 0.4) is 0 Å². The molecule has 0 aliphatic carbocycles. The maximum absolute atomic E-state index is 11.5. The summed E-state index contributed by atoms with van der Waals surface area (Å²) in [6.07, 6.45) is 3.20. The molecule has 2 N–H and O–H groups in total. The minimum Gasteiger partial charge on any atom is -0.466 e. The van der Waals surface area contributed by atoms with Crippen LogP contribution in [0.15, 0.2) is 24.3 Å². The molecule has 0 aromatic heterocycles. The second-order valence-corrected chi connectivity index (χ2v) is 5.00. The third-order valence-electron chi connectivity index (χ3n) is 2.79. The van der Waals surface area contributed by atoms with Crippen LogP contribution in [0.2, 0.25) is 0 Å². The lowest BCUT2D eigenvalue weighted by Crippen LogP contribution is -2.07. The highest BCUT2D eigenvalue weighted by Gasteiger charge is 2.04. The smallest absolute Gasteiger partial charge is 0.306 e. The van der Waals surface area contributed by atoms with Crippen molar-refractivity contribution in [3.05, 3.63) is 29.8 Å². The Morgan fingerprint density at radius 2 is 1.94 bits per heavy atom. The molecule has 0 amide bonds. The fraction of sp³-hybridized carbons (Fsp3) is 0.533. The summed E-state index contributed by atoms with van der Waals surface area (Å²) in [4.78, 5) is 11.5. The summed E-state index contributed by atoms with van der Waals surface area (Å²) in [5.41, 5.74) is 7.46. The first kappa shape index (κ1) is 14.6. The van der Waals surface area contributed by atoms with E-state index in [1.807, 2.05) is 24.3 Å². The average molecular weight is 249 g/mol. The highest BCUT2D eigenvalue weighted by atomic mass is 16.5. The van der Waals surface area contributed by atoms with Gasteiger partial charge >= 0.3 is 5.97 Å². The minimum atomic E-state index is -0.115. The molecule has 0 atom stereocenters. The topological polar surface area (TPSA) is 52.3 Å². The molecule has 0 spiro atoms. The summed E-state index contributed by atoms with van der Waals surface area (Å²) < 4.78 is 5.17. The van der Waals surface area contributed by atoms with Crippen molar-refractivity contribution in [3.63, 3.8) is 0 Å². The van der Waals surface area contributed by atoms with Crippen LogP contribution < -0.4 is 5.73 Å². The predicted molar refractivity (Wildman–Crippen MR) is 74.2 cm³/mol. The molecule has 0 aliphatic heterocycles. The number of benzene rings is 1. The Bertz CT molecular complexity index is 357. The Kier molecular flexibility index (Phi) is 6.26. The van der Waals surface area contributed by atoms with Crippen LogP contribution >= 0.6 is 0 Å². The van der Waals surface area contributed by atoms with Gasteiger partial charge in [0, 0.05) is 12.1 Å². The van der Waals surface area contributed by atoms with Gasteiger partial charge in [0.25, 0.3) is 0 Å². The van der Waals surface area contributed by atoms with Crippen molar-refractivity contribution >= 4 is 11.7 Å². The monoisotopic (exact) mass is 249 g/mol. The van der Waals surface area contributed by atoms with E-state index in [0.717, 1.165) is 24.1 Å². The Morgan fingerprint density at radius 3 is 2.56 bits per heavy atom. The minimum absolute atomic E-state index is 0.115. The molecule has 0 aliphatic rings. The molecule has 3 heteroatoms. The van der Waals surface area contributed by atoms with Crippen LogP contribution in [0, 0.1) is 5.92 Å². The fourth-order valence-electron chi connectivity index (χ4n) is 1.68. The molecule has 0 saturated heterocycles. The summed E-state index contributed by atoms with van der Waals surface area (Å²) in [6, 6.07) is 7.59. The molecular formula is C15H23NO2. The first-order chi connectivity index (χ1) is 8.58. The summed E-state index contributed by atoms with van der Waals surface area (Å²) in [7, 11) is 0. The standard InChI is InChI=1S/C15H23NO2/c1-12(2)4-3-11-18-15(17)10-7-13-5-8-14(16)9-6-13/h5-6,8-9,12H,3-4,7,10-11,16H2,1-2H3. The molecular weight excluding hydrogens is 226 g/mol. The number of anilines is 1. The van der Waals surface area contributed by atoms with E-state index in [4.69, 9.17) is 10.5 Å². The van der Waals surface area contributed by atoms with E-state index in [0.29, 0.717) is 25.4 Å². The van der Waals surface area contributed by atoms with Gasteiger partial charge in [-0.15, -0.1) is 0 Å². The van der Waals surface area contributed by atoms with Crippen molar-refractivity contribution in [2.75, 3.05) is 12.3 Å². The third-order valence-corrected chi connectivity index (χ3v) is 2.79.